The van der Waals surface area contributed by atoms with Crippen molar-refractivity contribution in [1.29, 1.82) is 0 Å². The van der Waals surface area contributed by atoms with Gasteiger partial charge in [0.1, 0.15) is 0 Å². The summed E-state index contributed by atoms with van der Waals surface area (Å²) in [5, 5.41) is 2.00. The third-order valence-corrected chi connectivity index (χ3v) is 2.24. The third-order valence-electron chi connectivity index (χ3n) is 1.83. The van der Waals surface area contributed by atoms with E-state index in [-0.39, 0.29) is 0 Å². The van der Waals surface area contributed by atoms with Gasteiger partial charge in [0.05, 0.1) is 0 Å². The maximum atomic E-state index is 5.93. The minimum absolute atomic E-state index is 0.831. The molecule has 0 aliphatic rings. The van der Waals surface area contributed by atoms with Crippen LogP contribution in [0.5, 0.6) is 0 Å². The Labute approximate surface area is 70.0 Å². The summed E-state index contributed by atoms with van der Waals surface area (Å²) in [5.74, 6) is 0. The quantitative estimate of drug-likeness (QED) is 0.618. The molecule has 1 aromatic heterocycles. The van der Waals surface area contributed by atoms with Gasteiger partial charge in [-0.25, -0.2) is 0 Å². The number of benzene rings is 1. The number of aromatic amines is 1. The molecule has 0 bridgehead atoms. The van der Waals surface area contributed by atoms with E-state index in [9.17, 15) is 0 Å². The van der Waals surface area contributed by atoms with Gasteiger partial charge in [-0.1, -0.05) is 11.6 Å². The zero-order valence-corrected chi connectivity index (χ0v) is 6.94. The lowest BCUT2D eigenvalue weighted by molar-refractivity contribution is 1.44. The van der Waals surface area contributed by atoms with E-state index in [2.05, 4.69) is 11.1 Å². The smallest absolute Gasteiger partial charge is 0.0457 e. The fraction of sp³-hybridized carbons (Fsp3) is 0.111. The molecule has 0 saturated carbocycles. The highest BCUT2D eigenvalue weighted by atomic mass is 35.5. The van der Waals surface area contributed by atoms with Gasteiger partial charge in [0.15, 0.2) is 0 Å². The maximum absolute atomic E-state index is 5.93. The predicted molar refractivity (Wildman–Crippen MR) is 48.0 cm³/mol. The van der Waals surface area contributed by atoms with Crippen LogP contribution in [-0.2, 0) is 0 Å². The summed E-state index contributed by atoms with van der Waals surface area (Å²) < 4.78 is 0. The summed E-state index contributed by atoms with van der Waals surface area (Å²) in [6, 6.07) is 6.04. The van der Waals surface area contributed by atoms with Crippen molar-refractivity contribution < 1.29 is 0 Å². The number of aromatic nitrogens is 1. The van der Waals surface area contributed by atoms with E-state index in [1.165, 1.54) is 5.39 Å². The first-order valence-corrected chi connectivity index (χ1v) is 3.88. The normalized spacial score (nSPS) is 10.7. The Hall–Kier alpha value is -0.950. The molecule has 1 nitrogen and oxygen atoms in total. The Morgan fingerprint density at radius 3 is 3.00 bits per heavy atom. The zero-order valence-electron chi connectivity index (χ0n) is 6.19. The van der Waals surface area contributed by atoms with E-state index < -0.39 is 0 Å². The van der Waals surface area contributed by atoms with E-state index in [1.54, 1.807) is 0 Å². The lowest BCUT2D eigenvalue weighted by atomic mass is 10.2. The second kappa shape index (κ2) is 2.28. The van der Waals surface area contributed by atoms with Gasteiger partial charge in [-0.15, -0.1) is 0 Å². The summed E-state index contributed by atoms with van der Waals surface area (Å²) in [5.41, 5.74) is 2.26. The van der Waals surface area contributed by atoms with Crippen LogP contribution in [0.25, 0.3) is 10.9 Å². The average molecular weight is 166 g/mol. The van der Waals surface area contributed by atoms with Crippen LogP contribution in [0, 0.1) is 6.92 Å². The van der Waals surface area contributed by atoms with Gasteiger partial charge < -0.3 is 4.98 Å². The highest BCUT2D eigenvalue weighted by Crippen LogP contribution is 2.21. The molecule has 1 aromatic carbocycles. The number of hydrogen-bond acceptors (Lipinski definition) is 0. The van der Waals surface area contributed by atoms with Crippen molar-refractivity contribution >= 4 is 22.5 Å². The summed E-state index contributed by atoms with van der Waals surface area (Å²) in [4.78, 5) is 3.13. The molecule has 0 spiro atoms. The van der Waals surface area contributed by atoms with Crippen molar-refractivity contribution in [1.82, 2.24) is 4.98 Å². The third kappa shape index (κ3) is 1.02. The molecular weight excluding hydrogens is 158 g/mol. The first-order chi connectivity index (χ1) is 5.27. The average Bonchev–Trinajstić information content (AvgIpc) is 2.36. The van der Waals surface area contributed by atoms with Crippen molar-refractivity contribution in [2.24, 2.45) is 0 Å². The van der Waals surface area contributed by atoms with Crippen molar-refractivity contribution in [2.45, 2.75) is 6.92 Å². The summed E-state index contributed by atoms with van der Waals surface area (Å²) in [6.07, 6.45) is 1.92. The first kappa shape index (κ1) is 6.74. The van der Waals surface area contributed by atoms with E-state index >= 15 is 0 Å². The van der Waals surface area contributed by atoms with Crippen LogP contribution in [0.3, 0.4) is 0 Å². The van der Waals surface area contributed by atoms with Gasteiger partial charge in [-0.3, -0.25) is 0 Å². The van der Waals surface area contributed by atoms with Crippen molar-refractivity contribution in [3.63, 3.8) is 0 Å². The molecule has 0 saturated heterocycles. The molecule has 0 atom stereocenters. The van der Waals surface area contributed by atoms with Gasteiger partial charge in [0.25, 0.3) is 0 Å². The van der Waals surface area contributed by atoms with E-state index in [4.69, 9.17) is 11.6 Å². The van der Waals surface area contributed by atoms with Gasteiger partial charge in [0.2, 0.25) is 0 Å². The molecular formula is C9H8ClN. The zero-order chi connectivity index (χ0) is 7.84. The summed E-state index contributed by atoms with van der Waals surface area (Å²) >= 11 is 5.93. The van der Waals surface area contributed by atoms with Crippen LogP contribution >= 0.6 is 11.6 Å². The minimum atomic E-state index is 0.831. The molecule has 2 heteroatoms. The lowest BCUT2D eigenvalue weighted by Gasteiger charge is -1.96. The van der Waals surface area contributed by atoms with E-state index in [0.717, 1.165) is 16.1 Å². The molecule has 0 aliphatic heterocycles. The molecule has 11 heavy (non-hydrogen) atoms. The molecule has 56 valence electrons. The van der Waals surface area contributed by atoms with E-state index in [1.807, 2.05) is 25.3 Å². The highest BCUT2D eigenvalue weighted by Gasteiger charge is 1.98. The molecule has 0 radical (unpaired) electrons. The second-order valence-corrected chi connectivity index (χ2v) is 3.07. The fourth-order valence-corrected chi connectivity index (χ4v) is 1.35. The minimum Gasteiger partial charge on any atom is -0.361 e. The second-order valence-electron chi connectivity index (χ2n) is 2.67. The Morgan fingerprint density at radius 2 is 2.18 bits per heavy atom. The Balaban J connectivity index is 2.86. The number of halogens is 1. The van der Waals surface area contributed by atoms with Crippen LogP contribution < -0.4 is 0 Å². The SMILES string of the molecule is Cc1cc2[nH]ccc2cc1Cl. The number of H-pyrrole nitrogens is 1. The summed E-state index contributed by atoms with van der Waals surface area (Å²) in [6.45, 7) is 2.00. The Kier molecular flexibility index (Phi) is 1.40. The number of nitrogens with one attached hydrogen (secondary N) is 1. The fourth-order valence-electron chi connectivity index (χ4n) is 1.18. The molecule has 1 N–H and O–H groups in total. The monoisotopic (exact) mass is 165 g/mol. The van der Waals surface area contributed by atoms with Crippen LogP contribution in [0.1, 0.15) is 5.56 Å². The number of aryl methyl sites for hydroxylation is 1. The van der Waals surface area contributed by atoms with Crippen LogP contribution in [0.4, 0.5) is 0 Å². The molecule has 0 aliphatic carbocycles. The molecule has 2 rings (SSSR count). The molecule has 0 amide bonds. The summed E-state index contributed by atoms with van der Waals surface area (Å²) in [7, 11) is 0. The van der Waals surface area contributed by atoms with Crippen molar-refractivity contribution in [2.75, 3.05) is 0 Å². The van der Waals surface area contributed by atoms with Crippen molar-refractivity contribution in [3.05, 3.63) is 35.0 Å². The van der Waals surface area contributed by atoms with Crippen molar-refractivity contribution in [3.8, 4) is 0 Å². The number of hydrogen-bond donors (Lipinski definition) is 1. The number of fused-ring (bicyclic) bond motifs is 1. The standard InChI is InChI=1S/C9H8ClN/c1-6-4-9-7(2-3-11-9)5-8(6)10/h2-5,11H,1H3. The van der Waals surface area contributed by atoms with Crippen LogP contribution in [0.15, 0.2) is 24.4 Å². The van der Waals surface area contributed by atoms with Gasteiger partial charge in [0, 0.05) is 22.1 Å². The highest BCUT2D eigenvalue weighted by molar-refractivity contribution is 6.32. The van der Waals surface area contributed by atoms with E-state index in [0.29, 0.717) is 0 Å². The lowest BCUT2D eigenvalue weighted by Crippen LogP contribution is -1.74. The van der Waals surface area contributed by atoms with Gasteiger partial charge in [-0.2, -0.15) is 0 Å². The van der Waals surface area contributed by atoms with Crippen LogP contribution in [-0.4, -0.2) is 4.98 Å². The topological polar surface area (TPSA) is 15.8 Å². The molecule has 0 fully saturated rings. The molecule has 2 aromatic rings. The predicted octanol–water partition coefficient (Wildman–Crippen LogP) is 3.13. The molecule has 0 unspecified atom stereocenters. The first-order valence-electron chi connectivity index (χ1n) is 3.50. The molecule has 1 heterocycles. The Bertz CT molecular complexity index is 353. The van der Waals surface area contributed by atoms with Gasteiger partial charge in [-0.05, 0) is 30.7 Å². The Morgan fingerprint density at radius 1 is 1.36 bits per heavy atom. The maximum Gasteiger partial charge on any atom is 0.0457 e. The number of rotatable bonds is 0. The largest absolute Gasteiger partial charge is 0.361 e. The van der Waals surface area contributed by atoms with Gasteiger partial charge >= 0.3 is 0 Å². The van der Waals surface area contributed by atoms with Crippen LogP contribution in [0.2, 0.25) is 5.02 Å².